The molecule has 102 valence electrons. The van der Waals surface area contributed by atoms with Crippen molar-refractivity contribution in [1.82, 2.24) is 0 Å². The minimum absolute atomic E-state index is 0.344. The van der Waals surface area contributed by atoms with Crippen LogP contribution in [0.3, 0.4) is 0 Å². The Morgan fingerprint density at radius 1 is 0.619 bits per heavy atom. The predicted molar refractivity (Wildman–Crippen MR) is 83.3 cm³/mol. The first-order valence-corrected chi connectivity index (χ1v) is 6.76. The van der Waals surface area contributed by atoms with Crippen molar-refractivity contribution in [2.75, 3.05) is 0 Å². The molecule has 2 heteroatoms. The molecule has 0 saturated heterocycles. The third-order valence-electron chi connectivity index (χ3n) is 3.18. The third kappa shape index (κ3) is 3.18. The lowest BCUT2D eigenvalue weighted by atomic mass is 10.1. The Balaban J connectivity index is 1.75. The van der Waals surface area contributed by atoms with Crippen molar-refractivity contribution in [2.24, 2.45) is 0 Å². The fourth-order valence-corrected chi connectivity index (χ4v) is 2.09. The lowest BCUT2D eigenvalue weighted by Crippen LogP contribution is -2.07. The number of carbonyl (C=O) groups excluding carboxylic acids is 1. The molecule has 3 aromatic carbocycles. The van der Waals surface area contributed by atoms with Crippen LogP contribution in [0.5, 0.6) is 5.75 Å². The Morgan fingerprint density at radius 2 is 1.14 bits per heavy atom. The van der Waals surface area contributed by atoms with Crippen LogP contribution in [0.1, 0.15) is 10.4 Å². The third-order valence-corrected chi connectivity index (χ3v) is 3.18. The van der Waals surface area contributed by atoms with E-state index in [9.17, 15) is 4.79 Å². The van der Waals surface area contributed by atoms with E-state index in [4.69, 9.17) is 4.74 Å². The van der Waals surface area contributed by atoms with Gasteiger partial charge in [-0.25, -0.2) is 4.79 Å². The van der Waals surface area contributed by atoms with Crippen LogP contribution in [0.2, 0.25) is 0 Å². The molecule has 0 heterocycles. The average molecular weight is 274 g/mol. The highest BCUT2D eigenvalue weighted by Crippen LogP contribution is 2.22. The van der Waals surface area contributed by atoms with Gasteiger partial charge in [0, 0.05) is 0 Å². The molecule has 0 N–H and O–H groups in total. The highest BCUT2D eigenvalue weighted by molar-refractivity contribution is 5.91. The van der Waals surface area contributed by atoms with Crippen molar-refractivity contribution in [3.63, 3.8) is 0 Å². The molecule has 0 spiro atoms. The largest absolute Gasteiger partial charge is 0.423 e. The van der Waals surface area contributed by atoms with Crippen molar-refractivity contribution in [3.8, 4) is 16.9 Å². The maximum atomic E-state index is 11.9. The number of hydrogen-bond donors (Lipinski definition) is 0. The fourth-order valence-electron chi connectivity index (χ4n) is 2.09. The zero-order valence-electron chi connectivity index (χ0n) is 11.4. The predicted octanol–water partition coefficient (Wildman–Crippen LogP) is 4.57. The van der Waals surface area contributed by atoms with Gasteiger partial charge < -0.3 is 4.74 Å². The maximum Gasteiger partial charge on any atom is 0.343 e. The number of carbonyl (C=O) groups is 1. The van der Waals surface area contributed by atoms with E-state index in [1.807, 2.05) is 72.8 Å². The summed E-state index contributed by atoms with van der Waals surface area (Å²) < 4.78 is 5.35. The summed E-state index contributed by atoms with van der Waals surface area (Å²) in [6.45, 7) is 0. The summed E-state index contributed by atoms with van der Waals surface area (Å²) in [5, 5.41) is 0. The van der Waals surface area contributed by atoms with E-state index < -0.39 is 0 Å². The average Bonchev–Trinajstić information content (AvgIpc) is 2.57. The van der Waals surface area contributed by atoms with Gasteiger partial charge in [-0.1, -0.05) is 60.7 Å². The summed E-state index contributed by atoms with van der Waals surface area (Å²) in [6, 6.07) is 26.6. The van der Waals surface area contributed by atoms with Gasteiger partial charge in [0.1, 0.15) is 5.75 Å². The lowest BCUT2D eigenvalue weighted by molar-refractivity contribution is 0.0735. The molecule has 0 fully saturated rings. The molecular formula is C19H14O2. The van der Waals surface area contributed by atoms with Gasteiger partial charge in [0.05, 0.1) is 5.56 Å². The van der Waals surface area contributed by atoms with Crippen molar-refractivity contribution in [1.29, 1.82) is 0 Å². The van der Waals surface area contributed by atoms with Crippen molar-refractivity contribution < 1.29 is 9.53 Å². The van der Waals surface area contributed by atoms with E-state index in [2.05, 4.69) is 0 Å². The highest BCUT2D eigenvalue weighted by atomic mass is 16.5. The highest BCUT2D eigenvalue weighted by Gasteiger charge is 2.07. The van der Waals surface area contributed by atoms with E-state index in [0.29, 0.717) is 11.3 Å². The fraction of sp³-hybridized carbons (Fsp3) is 0. The first-order chi connectivity index (χ1) is 10.3. The summed E-state index contributed by atoms with van der Waals surface area (Å²) >= 11 is 0. The molecule has 2 nitrogen and oxygen atoms in total. The van der Waals surface area contributed by atoms with Crippen LogP contribution < -0.4 is 4.74 Å². The molecule has 0 aliphatic carbocycles. The summed E-state index contributed by atoms with van der Waals surface area (Å²) in [5.41, 5.74) is 2.78. The Morgan fingerprint density at radius 3 is 1.76 bits per heavy atom. The number of hydrogen-bond acceptors (Lipinski definition) is 2. The van der Waals surface area contributed by atoms with E-state index in [1.165, 1.54) is 0 Å². The first kappa shape index (κ1) is 13.1. The molecule has 0 aliphatic heterocycles. The number of ether oxygens (including phenoxy) is 1. The Hall–Kier alpha value is -2.87. The summed E-state index contributed by atoms with van der Waals surface area (Å²) in [4.78, 5) is 11.9. The summed E-state index contributed by atoms with van der Waals surface area (Å²) in [6.07, 6.45) is 0. The standard InChI is InChI=1S/C19H14O2/c20-19(17-9-5-2-6-10-17)21-18-13-11-16(12-14-18)15-7-3-1-4-8-15/h1-14H. The quantitative estimate of drug-likeness (QED) is 0.516. The molecule has 3 rings (SSSR count). The molecule has 0 unspecified atom stereocenters. The zero-order valence-corrected chi connectivity index (χ0v) is 11.4. The number of esters is 1. The zero-order chi connectivity index (χ0) is 14.5. The Kier molecular flexibility index (Phi) is 3.79. The van der Waals surface area contributed by atoms with Gasteiger partial charge in [-0.05, 0) is 35.4 Å². The molecule has 0 atom stereocenters. The van der Waals surface area contributed by atoms with Crippen LogP contribution in [0.4, 0.5) is 0 Å². The van der Waals surface area contributed by atoms with E-state index in [-0.39, 0.29) is 5.97 Å². The molecule has 0 aliphatic rings. The topological polar surface area (TPSA) is 26.3 Å². The Bertz CT molecular complexity index is 717. The van der Waals surface area contributed by atoms with Gasteiger partial charge in [-0.15, -0.1) is 0 Å². The number of rotatable bonds is 3. The van der Waals surface area contributed by atoms with Crippen LogP contribution in [-0.2, 0) is 0 Å². The minimum Gasteiger partial charge on any atom is -0.423 e. The molecule has 0 amide bonds. The molecule has 0 radical (unpaired) electrons. The van der Waals surface area contributed by atoms with Crippen LogP contribution in [-0.4, -0.2) is 5.97 Å². The minimum atomic E-state index is -0.344. The van der Waals surface area contributed by atoms with Crippen molar-refractivity contribution in [2.45, 2.75) is 0 Å². The van der Waals surface area contributed by atoms with Gasteiger partial charge in [0.15, 0.2) is 0 Å². The van der Waals surface area contributed by atoms with Gasteiger partial charge in [-0.3, -0.25) is 0 Å². The van der Waals surface area contributed by atoms with E-state index in [0.717, 1.165) is 11.1 Å². The van der Waals surface area contributed by atoms with E-state index >= 15 is 0 Å². The van der Waals surface area contributed by atoms with Gasteiger partial charge in [0.25, 0.3) is 0 Å². The molecule has 0 saturated carbocycles. The smallest absolute Gasteiger partial charge is 0.343 e. The molecule has 3 aromatic rings. The number of benzene rings is 3. The van der Waals surface area contributed by atoms with Crippen molar-refractivity contribution in [3.05, 3.63) is 90.5 Å². The molecule has 0 aromatic heterocycles. The second-order valence-corrected chi connectivity index (χ2v) is 4.65. The van der Waals surface area contributed by atoms with Gasteiger partial charge in [0.2, 0.25) is 0 Å². The molecular weight excluding hydrogens is 260 g/mol. The summed E-state index contributed by atoms with van der Waals surface area (Å²) in [7, 11) is 0. The van der Waals surface area contributed by atoms with Crippen LogP contribution in [0.15, 0.2) is 84.9 Å². The van der Waals surface area contributed by atoms with Crippen molar-refractivity contribution >= 4 is 5.97 Å². The van der Waals surface area contributed by atoms with E-state index in [1.54, 1.807) is 12.1 Å². The molecule has 21 heavy (non-hydrogen) atoms. The van der Waals surface area contributed by atoms with Crippen LogP contribution in [0.25, 0.3) is 11.1 Å². The van der Waals surface area contributed by atoms with Gasteiger partial charge in [-0.2, -0.15) is 0 Å². The van der Waals surface area contributed by atoms with Gasteiger partial charge >= 0.3 is 5.97 Å². The Labute approximate surface area is 123 Å². The first-order valence-electron chi connectivity index (χ1n) is 6.76. The molecule has 0 bridgehead atoms. The SMILES string of the molecule is O=C(Oc1ccc(-c2ccccc2)cc1)c1ccccc1. The lowest BCUT2D eigenvalue weighted by Gasteiger charge is -2.06. The van der Waals surface area contributed by atoms with Crippen LogP contribution >= 0.6 is 0 Å². The normalized spacial score (nSPS) is 10.1. The maximum absolute atomic E-state index is 11.9. The second kappa shape index (κ2) is 6.06. The second-order valence-electron chi connectivity index (χ2n) is 4.65. The summed E-state index contributed by atoms with van der Waals surface area (Å²) in [5.74, 6) is 0.201. The monoisotopic (exact) mass is 274 g/mol. The van der Waals surface area contributed by atoms with Crippen LogP contribution in [0, 0.1) is 0 Å².